The molecule has 0 spiro atoms. The Morgan fingerprint density at radius 1 is 1.24 bits per heavy atom. The first-order valence-corrected chi connectivity index (χ1v) is 10.4. The minimum atomic E-state index is -4.49. The highest BCUT2D eigenvalue weighted by Gasteiger charge is 2.33. The van der Waals surface area contributed by atoms with E-state index in [0.717, 1.165) is 17.8 Å². The molecule has 0 radical (unpaired) electrons. The molecule has 174 valence electrons. The largest absolute Gasteiger partial charge is 0.433 e. The Morgan fingerprint density at radius 2 is 2.03 bits per heavy atom. The van der Waals surface area contributed by atoms with Crippen LogP contribution in [-0.4, -0.2) is 43.7 Å². The van der Waals surface area contributed by atoms with Gasteiger partial charge in [-0.25, -0.2) is 4.98 Å². The van der Waals surface area contributed by atoms with E-state index in [-0.39, 0.29) is 18.5 Å². The van der Waals surface area contributed by atoms with Crippen molar-refractivity contribution in [1.82, 2.24) is 24.7 Å². The average molecular weight is 460 g/mol. The van der Waals surface area contributed by atoms with Crippen LogP contribution in [0.3, 0.4) is 0 Å². The topological polar surface area (TPSA) is 101 Å². The van der Waals surface area contributed by atoms with Gasteiger partial charge in [0.2, 0.25) is 11.9 Å². The van der Waals surface area contributed by atoms with Crippen molar-refractivity contribution in [2.24, 2.45) is 0 Å². The van der Waals surface area contributed by atoms with Crippen molar-refractivity contribution in [2.45, 2.75) is 45.6 Å². The number of rotatable bonds is 6. The molecule has 1 aliphatic heterocycles. The molecule has 3 aromatic rings. The number of nitrogens with one attached hydrogen (secondary N) is 2. The standard InChI is InChI=1S/C21H23F3N8O/c1-4-15-19(33)29-17-12(2)28-20(30-18(17)31(15)3)26-8-14-9-27-32(11-14)10-13-5-6-25-16(7-13)21(22,23)24/h5-7,9,11,15H,4,8,10H2,1-3H3,(H,29,33)(H,26,28,30)/t15-/m0/s1. The molecule has 0 saturated heterocycles. The second-order valence-corrected chi connectivity index (χ2v) is 7.80. The van der Waals surface area contributed by atoms with E-state index >= 15 is 0 Å². The Balaban J connectivity index is 1.45. The Morgan fingerprint density at radius 3 is 2.76 bits per heavy atom. The fourth-order valence-corrected chi connectivity index (χ4v) is 3.71. The van der Waals surface area contributed by atoms with E-state index in [4.69, 9.17) is 0 Å². The molecular formula is C21H23F3N8O. The summed E-state index contributed by atoms with van der Waals surface area (Å²) in [5.41, 5.74) is 1.57. The molecule has 1 aliphatic rings. The van der Waals surface area contributed by atoms with E-state index in [1.807, 2.05) is 18.9 Å². The van der Waals surface area contributed by atoms with Gasteiger partial charge in [-0.3, -0.25) is 14.5 Å². The second kappa shape index (κ2) is 8.68. The van der Waals surface area contributed by atoms with Gasteiger partial charge in [-0.15, -0.1) is 0 Å². The molecule has 1 atom stereocenters. The molecule has 3 aromatic heterocycles. The number of carbonyl (C=O) groups excluding carboxylic acids is 1. The van der Waals surface area contributed by atoms with Crippen molar-refractivity contribution in [3.05, 3.63) is 53.2 Å². The fourth-order valence-electron chi connectivity index (χ4n) is 3.71. The number of halogens is 3. The van der Waals surface area contributed by atoms with Crippen molar-refractivity contribution >= 4 is 23.4 Å². The van der Waals surface area contributed by atoms with Crippen molar-refractivity contribution < 1.29 is 18.0 Å². The smallest absolute Gasteiger partial charge is 0.350 e. The maximum Gasteiger partial charge on any atom is 0.433 e. The monoisotopic (exact) mass is 460 g/mol. The third-order valence-electron chi connectivity index (χ3n) is 5.41. The number of likely N-dealkylation sites (N-methyl/N-ethyl adjacent to an activating group) is 1. The van der Waals surface area contributed by atoms with Gasteiger partial charge in [0.05, 0.1) is 18.4 Å². The van der Waals surface area contributed by atoms with E-state index in [1.165, 1.54) is 6.07 Å². The highest BCUT2D eigenvalue weighted by molar-refractivity contribution is 6.03. The summed E-state index contributed by atoms with van der Waals surface area (Å²) < 4.78 is 40.1. The van der Waals surface area contributed by atoms with Gasteiger partial charge in [-0.05, 0) is 31.0 Å². The Labute approximate surface area is 188 Å². The summed E-state index contributed by atoms with van der Waals surface area (Å²) in [6.45, 7) is 4.29. The quantitative estimate of drug-likeness (QED) is 0.583. The number of amides is 1. The molecule has 12 heteroatoms. The second-order valence-electron chi connectivity index (χ2n) is 7.80. The highest BCUT2D eigenvalue weighted by Crippen LogP contribution is 2.33. The highest BCUT2D eigenvalue weighted by atomic mass is 19.4. The van der Waals surface area contributed by atoms with Crippen LogP contribution in [0.4, 0.5) is 30.6 Å². The van der Waals surface area contributed by atoms with Gasteiger partial charge in [0, 0.05) is 31.5 Å². The molecule has 4 rings (SSSR count). The lowest BCUT2D eigenvalue weighted by atomic mass is 10.1. The lowest BCUT2D eigenvalue weighted by molar-refractivity contribution is -0.141. The average Bonchev–Trinajstić information content (AvgIpc) is 3.20. The summed E-state index contributed by atoms with van der Waals surface area (Å²) in [5, 5.41) is 10.3. The minimum Gasteiger partial charge on any atom is -0.350 e. The molecular weight excluding hydrogens is 437 g/mol. The zero-order valence-electron chi connectivity index (χ0n) is 18.3. The molecule has 0 aromatic carbocycles. The zero-order chi connectivity index (χ0) is 23.8. The number of pyridine rings is 1. The van der Waals surface area contributed by atoms with Crippen LogP contribution in [0.2, 0.25) is 0 Å². The van der Waals surface area contributed by atoms with E-state index in [0.29, 0.717) is 41.7 Å². The van der Waals surface area contributed by atoms with Crippen LogP contribution >= 0.6 is 0 Å². The molecule has 0 aliphatic carbocycles. The van der Waals surface area contributed by atoms with E-state index in [1.54, 1.807) is 24.0 Å². The Kier molecular flexibility index (Phi) is 5.91. The van der Waals surface area contributed by atoms with Gasteiger partial charge in [0.15, 0.2) is 5.82 Å². The lowest BCUT2D eigenvalue weighted by Gasteiger charge is -2.34. The van der Waals surface area contributed by atoms with Gasteiger partial charge >= 0.3 is 6.18 Å². The Hall–Kier alpha value is -3.70. The van der Waals surface area contributed by atoms with E-state index in [2.05, 4.69) is 30.7 Å². The molecule has 9 nitrogen and oxygen atoms in total. The van der Waals surface area contributed by atoms with Crippen molar-refractivity contribution in [1.29, 1.82) is 0 Å². The normalized spacial score (nSPS) is 15.9. The first-order chi connectivity index (χ1) is 15.7. The molecule has 4 heterocycles. The summed E-state index contributed by atoms with van der Waals surface area (Å²) in [4.78, 5) is 26.5. The summed E-state index contributed by atoms with van der Waals surface area (Å²) in [6.07, 6.45) is 0.669. The predicted molar refractivity (Wildman–Crippen MR) is 116 cm³/mol. The maximum atomic E-state index is 12.9. The van der Waals surface area contributed by atoms with Gasteiger partial charge < -0.3 is 15.5 Å². The first kappa shape index (κ1) is 22.5. The first-order valence-electron chi connectivity index (χ1n) is 10.4. The zero-order valence-corrected chi connectivity index (χ0v) is 18.3. The van der Waals surface area contributed by atoms with Gasteiger partial charge in [0.1, 0.15) is 17.4 Å². The fraction of sp³-hybridized carbons (Fsp3) is 0.381. The number of aromatic nitrogens is 5. The number of alkyl halides is 3. The number of anilines is 3. The number of carbonyl (C=O) groups is 1. The van der Waals surface area contributed by atoms with E-state index < -0.39 is 11.9 Å². The number of hydrogen-bond donors (Lipinski definition) is 2. The van der Waals surface area contributed by atoms with Crippen LogP contribution in [0.25, 0.3) is 0 Å². The molecule has 1 amide bonds. The van der Waals surface area contributed by atoms with Crippen molar-refractivity contribution in [3.8, 4) is 0 Å². The Bertz CT molecular complexity index is 1180. The number of hydrogen-bond acceptors (Lipinski definition) is 7. The number of fused-ring (bicyclic) bond motifs is 1. The van der Waals surface area contributed by atoms with Gasteiger partial charge in [0.25, 0.3) is 0 Å². The molecule has 0 fully saturated rings. The maximum absolute atomic E-state index is 12.9. The number of aryl methyl sites for hydroxylation is 1. The SMILES string of the molecule is CC[C@H]1C(=O)Nc2c(C)nc(NCc3cnn(Cc4ccnc(C(F)(F)F)c4)c3)nc2N1C. The van der Waals surface area contributed by atoms with Crippen LogP contribution in [0, 0.1) is 6.92 Å². The van der Waals surface area contributed by atoms with Crippen molar-refractivity contribution in [3.63, 3.8) is 0 Å². The van der Waals surface area contributed by atoms with Crippen molar-refractivity contribution in [2.75, 3.05) is 22.6 Å². The molecule has 0 bridgehead atoms. The predicted octanol–water partition coefficient (Wildman–Crippen LogP) is 3.22. The summed E-state index contributed by atoms with van der Waals surface area (Å²) in [5.74, 6) is 0.968. The van der Waals surface area contributed by atoms with Crippen LogP contribution in [-0.2, 0) is 24.1 Å². The summed E-state index contributed by atoms with van der Waals surface area (Å²) >= 11 is 0. The third-order valence-corrected chi connectivity index (χ3v) is 5.41. The summed E-state index contributed by atoms with van der Waals surface area (Å²) in [6, 6.07) is 2.24. The lowest BCUT2D eigenvalue weighted by Crippen LogP contribution is -2.46. The number of nitrogens with zero attached hydrogens (tertiary/aromatic N) is 6. The van der Waals surface area contributed by atoms with Crippen LogP contribution < -0.4 is 15.5 Å². The van der Waals surface area contributed by atoms with Crippen LogP contribution in [0.15, 0.2) is 30.7 Å². The van der Waals surface area contributed by atoms with Crippen LogP contribution in [0.5, 0.6) is 0 Å². The van der Waals surface area contributed by atoms with E-state index in [9.17, 15) is 18.0 Å². The molecule has 0 unspecified atom stereocenters. The summed E-state index contributed by atoms with van der Waals surface area (Å²) in [7, 11) is 1.83. The molecule has 33 heavy (non-hydrogen) atoms. The third kappa shape index (κ3) is 4.73. The molecule has 0 saturated carbocycles. The van der Waals surface area contributed by atoms with Gasteiger partial charge in [-0.2, -0.15) is 23.3 Å². The van der Waals surface area contributed by atoms with Crippen LogP contribution in [0.1, 0.15) is 35.9 Å². The minimum absolute atomic E-state index is 0.0797. The van der Waals surface area contributed by atoms with Gasteiger partial charge in [-0.1, -0.05) is 6.92 Å². The molecule has 2 N–H and O–H groups in total.